The van der Waals surface area contributed by atoms with Gasteiger partial charge in [0.1, 0.15) is 23.1 Å². The van der Waals surface area contributed by atoms with Crippen molar-refractivity contribution in [3.63, 3.8) is 0 Å². The number of aryl methyl sites for hydroxylation is 1. The number of hydrogen-bond donors (Lipinski definition) is 0. The lowest BCUT2D eigenvalue weighted by Gasteiger charge is -2.19. The molecular weight excluding hydrogens is 530 g/mol. The van der Waals surface area contributed by atoms with Crippen molar-refractivity contribution in [2.75, 3.05) is 0 Å². The molecule has 2 atom stereocenters. The van der Waals surface area contributed by atoms with Crippen molar-refractivity contribution in [2.45, 2.75) is 117 Å². The van der Waals surface area contributed by atoms with Crippen LogP contribution in [0.2, 0.25) is 0 Å². The average molecular weight is 574 g/mol. The molecule has 0 radical (unpaired) electrons. The number of nitriles is 1. The Morgan fingerprint density at radius 3 is 1.87 bits per heavy atom. The van der Waals surface area contributed by atoms with Crippen molar-refractivity contribution in [3.8, 4) is 17.6 Å². The van der Waals surface area contributed by atoms with E-state index in [-0.39, 0.29) is 35.1 Å². The van der Waals surface area contributed by atoms with Crippen LogP contribution in [0.4, 0.5) is 0 Å². The predicted octanol–water partition coefficient (Wildman–Crippen LogP) is 8.79. The quantitative estimate of drug-likeness (QED) is 0.1000. The number of unbranched alkanes of at least 4 members (excludes halogenated alkanes) is 2. The first-order valence-corrected chi connectivity index (χ1v) is 15.7. The fourth-order valence-electron chi connectivity index (χ4n) is 4.24. The van der Waals surface area contributed by atoms with Crippen LogP contribution in [-0.2, 0) is 14.4 Å². The van der Waals surface area contributed by atoms with E-state index in [1.54, 1.807) is 26.8 Å². The Kier molecular flexibility index (Phi) is 12.6. The molecule has 6 nitrogen and oxygen atoms in total. The molecule has 1 aliphatic heterocycles. The van der Waals surface area contributed by atoms with Crippen LogP contribution >= 0.6 is 23.5 Å². The molecule has 39 heavy (non-hydrogen) atoms. The molecule has 1 aliphatic rings. The zero-order valence-electron chi connectivity index (χ0n) is 24.7. The molecule has 0 saturated heterocycles. The first kappa shape index (κ1) is 33.0. The maximum absolute atomic E-state index is 13.2. The van der Waals surface area contributed by atoms with Gasteiger partial charge in [0.2, 0.25) is 0 Å². The monoisotopic (exact) mass is 573 g/mol. The lowest BCUT2D eigenvalue weighted by molar-refractivity contribution is -0.140. The van der Waals surface area contributed by atoms with Crippen molar-refractivity contribution in [3.05, 3.63) is 21.4 Å². The van der Waals surface area contributed by atoms with Crippen LogP contribution in [0, 0.1) is 35.5 Å². The highest BCUT2D eigenvalue weighted by atomic mass is 32.2. The van der Waals surface area contributed by atoms with Gasteiger partial charge in [-0.1, -0.05) is 97.7 Å². The summed E-state index contributed by atoms with van der Waals surface area (Å²) in [4.78, 5) is 40.6. The SMILES string of the molecule is CCCCC(CC)C(=O)Oc1cc(C)c(OC(=O)C(CC)CCCC)c2c1S/C(=C(/C#N)C(=O)C(C)(C)C)S2. The van der Waals surface area contributed by atoms with E-state index in [0.717, 1.165) is 38.5 Å². The van der Waals surface area contributed by atoms with Gasteiger partial charge in [0.15, 0.2) is 5.78 Å². The van der Waals surface area contributed by atoms with Gasteiger partial charge in [0.25, 0.3) is 0 Å². The molecule has 0 N–H and O–H groups in total. The number of benzene rings is 1. The molecule has 1 aromatic carbocycles. The Morgan fingerprint density at radius 2 is 1.41 bits per heavy atom. The Balaban J connectivity index is 2.58. The molecule has 8 heteroatoms. The third-order valence-corrected chi connectivity index (χ3v) is 9.44. The van der Waals surface area contributed by atoms with Crippen molar-refractivity contribution in [1.82, 2.24) is 0 Å². The minimum absolute atomic E-state index is 0.0599. The van der Waals surface area contributed by atoms with Gasteiger partial charge in [0.05, 0.1) is 25.9 Å². The Hall–Kier alpha value is -2.24. The molecule has 0 aromatic heterocycles. The van der Waals surface area contributed by atoms with Gasteiger partial charge < -0.3 is 9.47 Å². The molecule has 0 bridgehead atoms. The normalized spacial score (nSPS) is 15.7. The molecule has 214 valence electrons. The molecule has 2 rings (SSSR count). The summed E-state index contributed by atoms with van der Waals surface area (Å²) in [6, 6.07) is 3.82. The number of hydrogen-bond acceptors (Lipinski definition) is 8. The van der Waals surface area contributed by atoms with Crippen LogP contribution in [-0.4, -0.2) is 17.7 Å². The Bertz CT molecular complexity index is 1140. The van der Waals surface area contributed by atoms with Crippen LogP contribution in [0.15, 0.2) is 25.7 Å². The molecule has 1 aromatic rings. The Labute approximate surface area is 242 Å². The standard InChI is InChI=1S/C31H43NO5S2/c1-9-13-15-20(11-3)28(34)36-23-17-19(5)24(37-29(35)21(12-4)16-14-10-2)26-25(23)38-30(39-26)22(18-32)27(33)31(6,7)8/h17,20-21H,9-16H2,1-8H3/b30-22+. The smallest absolute Gasteiger partial charge is 0.314 e. The Morgan fingerprint density at radius 1 is 0.897 bits per heavy atom. The highest BCUT2D eigenvalue weighted by Gasteiger charge is 2.36. The number of allylic oxidation sites excluding steroid dienone is 1. The fraction of sp³-hybridized carbons (Fsp3) is 0.613. The molecule has 1 heterocycles. The van der Waals surface area contributed by atoms with Crippen molar-refractivity contribution in [1.29, 1.82) is 5.26 Å². The molecular formula is C31H43NO5S2. The topological polar surface area (TPSA) is 93.5 Å². The van der Waals surface area contributed by atoms with E-state index in [9.17, 15) is 19.6 Å². The molecule has 0 saturated carbocycles. The fourth-order valence-corrected chi connectivity index (χ4v) is 6.88. The number of ketones is 1. The van der Waals surface area contributed by atoms with Crippen molar-refractivity contribution in [2.24, 2.45) is 17.3 Å². The number of esters is 2. The molecule has 2 unspecified atom stereocenters. The maximum atomic E-state index is 13.2. The summed E-state index contributed by atoms with van der Waals surface area (Å²) in [5.74, 6) is -0.513. The largest absolute Gasteiger partial charge is 0.425 e. The van der Waals surface area contributed by atoms with E-state index >= 15 is 0 Å². The summed E-state index contributed by atoms with van der Waals surface area (Å²) in [6.45, 7) is 15.3. The van der Waals surface area contributed by atoms with Crippen molar-refractivity contribution < 1.29 is 23.9 Å². The van der Waals surface area contributed by atoms with Gasteiger partial charge >= 0.3 is 11.9 Å². The van der Waals surface area contributed by atoms with E-state index < -0.39 is 5.41 Å². The van der Waals surface area contributed by atoms with E-state index in [4.69, 9.17) is 9.47 Å². The second-order valence-electron chi connectivity index (χ2n) is 11.1. The minimum Gasteiger partial charge on any atom is -0.425 e. The highest BCUT2D eigenvalue weighted by Crippen LogP contribution is 2.60. The molecule has 0 aliphatic carbocycles. The number of carbonyl (C=O) groups excluding carboxylic acids is 3. The number of thioether (sulfide) groups is 2. The van der Waals surface area contributed by atoms with Crippen LogP contribution < -0.4 is 9.47 Å². The third-order valence-electron chi connectivity index (χ3n) is 6.83. The average Bonchev–Trinajstić information content (AvgIpc) is 3.32. The van der Waals surface area contributed by atoms with Gasteiger partial charge in [-0.2, -0.15) is 5.26 Å². The van der Waals surface area contributed by atoms with Crippen molar-refractivity contribution >= 4 is 41.2 Å². The van der Waals surface area contributed by atoms with Crippen LogP contribution in [0.1, 0.15) is 105 Å². The summed E-state index contributed by atoms with van der Waals surface area (Å²) in [6.07, 6.45) is 6.73. The van der Waals surface area contributed by atoms with E-state index in [0.29, 0.717) is 43.9 Å². The summed E-state index contributed by atoms with van der Waals surface area (Å²) >= 11 is 2.46. The number of Topliss-reactive ketones (excluding diaryl/α,β-unsaturated/α-hetero) is 1. The van der Waals surface area contributed by atoms with Crippen LogP contribution in [0.3, 0.4) is 0 Å². The zero-order valence-corrected chi connectivity index (χ0v) is 26.3. The second kappa shape index (κ2) is 14.9. The van der Waals surface area contributed by atoms with Crippen LogP contribution in [0.5, 0.6) is 11.5 Å². The number of ether oxygens (including phenoxy) is 2. The zero-order chi connectivity index (χ0) is 29.3. The minimum atomic E-state index is -0.740. The number of fused-ring (bicyclic) bond motifs is 1. The summed E-state index contributed by atoms with van der Waals surface area (Å²) in [5.41, 5.74) is -0.0214. The number of rotatable bonds is 13. The summed E-state index contributed by atoms with van der Waals surface area (Å²) < 4.78 is 12.5. The lowest BCUT2D eigenvalue weighted by atomic mass is 9.87. The second-order valence-corrected chi connectivity index (χ2v) is 13.4. The number of carbonyl (C=O) groups is 3. The van der Waals surface area contributed by atoms with Crippen LogP contribution in [0.25, 0.3) is 0 Å². The maximum Gasteiger partial charge on any atom is 0.314 e. The van der Waals surface area contributed by atoms with Gasteiger partial charge in [-0.05, 0) is 44.2 Å². The molecule has 0 spiro atoms. The van der Waals surface area contributed by atoms with E-state index in [2.05, 4.69) is 19.9 Å². The molecule has 0 fully saturated rings. The summed E-state index contributed by atoms with van der Waals surface area (Å²) in [7, 11) is 0. The first-order chi connectivity index (χ1) is 18.4. The van der Waals surface area contributed by atoms with Gasteiger partial charge in [-0.15, -0.1) is 0 Å². The van der Waals surface area contributed by atoms with Gasteiger partial charge in [-0.25, -0.2) is 0 Å². The number of nitrogens with zero attached hydrogens (tertiary/aromatic N) is 1. The first-order valence-electron chi connectivity index (χ1n) is 14.1. The molecule has 0 amide bonds. The van der Waals surface area contributed by atoms with E-state index in [1.807, 2.05) is 20.8 Å². The lowest BCUT2D eigenvalue weighted by Crippen LogP contribution is -2.22. The van der Waals surface area contributed by atoms with Gasteiger partial charge in [0, 0.05) is 5.41 Å². The third kappa shape index (κ3) is 8.38. The predicted molar refractivity (Wildman–Crippen MR) is 158 cm³/mol. The van der Waals surface area contributed by atoms with Gasteiger partial charge in [-0.3, -0.25) is 14.4 Å². The summed E-state index contributed by atoms with van der Waals surface area (Å²) in [5, 5.41) is 9.93. The van der Waals surface area contributed by atoms with E-state index in [1.165, 1.54) is 23.5 Å². The highest BCUT2D eigenvalue weighted by molar-refractivity contribution is 8.24.